The third kappa shape index (κ3) is 5.42. The van der Waals surface area contributed by atoms with Crippen molar-refractivity contribution in [3.8, 4) is 0 Å². The maximum Gasteiger partial charge on any atom is -0.172 e. The first kappa shape index (κ1) is 7.42. The summed E-state index contributed by atoms with van der Waals surface area (Å²) < 4.78 is 0. The van der Waals surface area contributed by atoms with Crippen LogP contribution in [0.3, 0.4) is 0 Å². The Morgan fingerprint density at radius 3 is 1.88 bits per heavy atom. The molecule has 0 aliphatic rings. The summed E-state index contributed by atoms with van der Waals surface area (Å²) in [4.78, 5) is 9.64. The van der Waals surface area contributed by atoms with Gasteiger partial charge in [-0.2, -0.15) is 18.2 Å². The van der Waals surface area contributed by atoms with Gasteiger partial charge in [0, 0.05) is 0 Å². The zero-order valence-corrected chi connectivity index (χ0v) is 5.10. The normalized spacial score (nSPS) is 6.25. The van der Waals surface area contributed by atoms with E-state index in [1.165, 1.54) is 0 Å². The largest absolute Gasteiger partial charge is 0.214 e. The fourth-order valence-corrected chi connectivity index (χ4v) is 0.321. The average molecular weight is 152 g/mol. The molecule has 1 aromatic rings. The third-order valence-electron chi connectivity index (χ3n) is 0.556. The van der Waals surface area contributed by atoms with E-state index in [-0.39, 0.29) is 0 Å². The molecule has 1 rings (SSSR count). The van der Waals surface area contributed by atoms with Crippen LogP contribution in [0.25, 0.3) is 0 Å². The summed E-state index contributed by atoms with van der Waals surface area (Å²) in [5.41, 5.74) is 0. The van der Waals surface area contributed by atoms with Gasteiger partial charge in [-0.3, -0.25) is 0 Å². The van der Waals surface area contributed by atoms with E-state index in [1.54, 1.807) is 0 Å². The molecule has 46 valence electrons. The van der Waals surface area contributed by atoms with Crippen molar-refractivity contribution in [2.75, 3.05) is 0 Å². The van der Waals surface area contributed by atoms with Crippen LogP contribution in [0.5, 0.6) is 0 Å². The second-order valence-electron chi connectivity index (χ2n) is 1.03. The van der Waals surface area contributed by atoms with Crippen LogP contribution in [-0.2, 0) is 19.8 Å². The third-order valence-corrected chi connectivity index (χ3v) is 0.556. The van der Waals surface area contributed by atoms with E-state index in [4.69, 9.17) is 4.79 Å². The molecule has 0 heterocycles. The first-order chi connectivity index (χ1) is 3.91. The molecule has 0 aromatic heterocycles. The van der Waals surface area contributed by atoms with Crippen molar-refractivity contribution in [3.05, 3.63) is 30.3 Å². The van der Waals surface area contributed by atoms with Crippen LogP contribution in [-0.4, -0.2) is 4.86 Å². The van der Waals surface area contributed by atoms with Gasteiger partial charge in [-0.1, -0.05) is 0 Å². The molecular formula is C6H5NiO-. The maximum absolute atomic E-state index is 8.51. The minimum Gasteiger partial charge on any atom is -0.214 e. The number of hydrogen-bond donors (Lipinski definition) is 0. The predicted molar refractivity (Wildman–Crippen MR) is 27.7 cm³/mol. The summed E-state index contributed by atoms with van der Waals surface area (Å²) in [6.45, 7) is 0. The first-order valence-corrected chi connectivity index (χ1v) is 2.52. The average Bonchev–Trinajstić information content (AvgIpc) is 2.17. The molecule has 0 saturated carbocycles. The van der Waals surface area contributed by atoms with E-state index in [0.717, 1.165) is 4.86 Å². The van der Waals surface area contributed by atoms with Gasteiger partial charge in [-0.15, -0.1) is 0 Å². The zero-order chi connectivity index (χ0) is 6.24. The fraction of sp³-hybridized carbons (Fsp3) is 0. The van der Waals surface area contributed by atoms with E-state index in [1.807, 2.05) is 30.3 Å². The van der Waals surface area contributed by atoms with Crippen LogP contribution in [0.4, 0.5) is 0 Å². The van der Waals surface area contributed by atoms with Gasteiger partial charge in [0.05, 0.1) is 0 Å². The van der Waals surface area contributed by atoms with Crippen LogP contribution < -0.4 is 0 Å². The Balaban J connectivity index is 0.000000145. The molecule has 1 nitrogen and oxygen atoms in total. The topological polar surface area (TPSA) is 17.1 Å². The number of carbonyl (C=O) groups excluding carboxylic acids is 1. The summed E-state index contributed by atoms with van der Waals surface area (Å²) in [6.07, 6.45) is 0. The summed E-state index contributed by atoms with van der Waals surface area (Å²) in [6, 6.07) is 10.0. The van der Waals surface area contributed by atoms with Crippen molar-refractivity contribution in [2.45, 2.75) is 0 Å². The minimum absolute atomic E-state index is 1.12. The SMILES string of the molecule is O=[C]=[Ni].c1cc[cH-]c1. The van der Waals surface area contributed by atoms with E-state index >= 15 is 0 Å². The Labute approximate surface area is 55.6 Å². The smallest absolute Gasteiger partial charge is 0.172 e. The van der Waals surface area contributed by atoms with Crippen molar-refractivity contribution in [1.29, 1.82) is 0 Å². The van der Waals surface area contributed by atoms with Crippen LogP contribution in [0.1, 0.15) is 0 Å². The van der Waals surface area contributed by atoms with Crippen LogP contribution in [0.15, 0.2) is 30.3 Å². The molecule has 0 bridgehead atoms. The van der Waals surface area contributed by atoms with Gasteiger partial charge in [0.15, 0.2) is 0 Å². The molecule has 0 fully saturated rings. The molecule has 0 unspecified atom stereocenters. The standard InChI is InChI=1S/C5H5.CO.Ni/c1-2-4-5-3-1;1-2;/h1-5H;;/q-1;;. The van der Waals surface area contributed by atoms with Crippen molar-refractivity contribution >= 4 is 4.86 Å². The Hall–Kier alpha value is -0.576. The molecule has 0 radical (unpaired) electrons. The second kappa shape index (κ2) is 6.42. The van der Waals surface area contributed by atoms with Gasteiger partial charge in [0.25, 0.3) is 0 Å². The Bertz CT molecular complexity index is 120. The van der Waals surface area contributed by atoms with Crippen molar-refractivity contribution < 1.29 is 19.8 Å². The summed E-state index contributed by atoms with van der Waals surface area (Å²) in [5.74, 6) is 0. The van der Waals surface area contributed by atoms with Gasteiger partial charge in [-0.25, -0.2) is 12.1 Å². The monoisotopic (exact) mass is 151 g/mol. The van der Waals surface area contributed by atoms with E-state index in [2.05, 4.69) is 15.0 Å². The van der Waals surface area contributed by atoms with Gasteiger partial charge >= 0.3 is 24.7 Å². The van der Waals surface area contributed by atoms with Crippen molar-refractivity contribution in [2.24, 2.45) is 0 Å². The van der Waals surface area contributed by atoms with Gasteiger partial charge < -0.3 is 0 Å². The van der Waals surface area contributed by atoms with Gasteiger partial charge in [-0.05, 0) is 0 Å². The zero-order valence-electron chi connectivity index (χ0n) is 4.11. The fourth-order valence-electron chi connectivity index (χ4n) is 0.321. The van der Waals surface area contributed by atoms with Gasteiger partial charge in [0.1, 0.15) is 0 Å². The molecule has 0 aliphatic heterocycles. The maximum atomic E-state index is 8.51. The number of hydrogen-bond acceptors (Lipinski definition) is 1. The quantitative estimate of drug-likeness (QED) is 0.400. The first-order valence-electron chi connectivity index (χ1n) is 2.03. The Morgan fingerprint density at radius 1 is 1.38 bits per heavy atom. The summed E-state index contributed by atoms with van der Waals surface area (Å²) in [7, 11) is 0. The molecule has 0 spiro atoms. The Morgan fingerprint density at radius 2 is 1.75 bits per heavy atom. The van der Waals surface area contributed by atoms with Crippen molar-refractivity contribution in [3.63, 3.8) is 0 Å². The Kier molecular flexibility index (Phi) is 5.96. The minimum atomic E-state index is 1.12. The molecule has 0 N–H and O–H groups in total. The van der Waals surface area contributed by atoms with Gasteiger partial charge in [0.2, 0.25) is 0 Å². The van der Waals surface area contributed by atoms with Crippen LogP contribution in [0.2, 0.25) is 0 Å². The van der Waals surface area contributed by atoms with Crippen LogP contribution in [0, 0.1) is 0 Å². The molecule has 0 amide bonds. The second-order valence-corrected chi connectivity index (χ2v) is 1.23. The molecular weight excluding hydrogens is 147 g/mol. The van der Waals surface area contributed by atoms with E-state index in [9.17, 15) is 0 Å². The number of rotatable bonds is 0. The summed E-state index contributed by atoms with van der Waals surface area (Å²) >= 11 is 3.36. The molecule has 0 aliphatic carbocycles. The predicted octanol–water partition coefficient (Wildman–Crippen LogP) is 1.01. The van der Waals surface area contributed by atoms with Crippen LogP contribution >= 0.6 is 0 Å². The molecule has 0 atom stereocenters. The van der Waals surface area contributed by atoms with Crippen molar-refractivity contribution in [1.82, 2.24) is 0 Å². The molecule has 8 heavy (non-hydrogen) atoms. The van der Waals surface area contributed by atoms with E-state index in [0.29, 0.717) is 0 Å². The van der Waals surface area contributed by atoms with E-state index < -0.39 is 0 Å². The molecule has 2 heteroatoms. The molecule has 1 aromatic carbocycles. The molecule has 0 saturated heterocycles. The summed E-state index contributed by atoms with van der Waals surface area (Å²) in [5, 5.41) is 0.